The molecule has 1 fully saturated rings. The Balaban J connectivity index is 2.38. The summed E-state index contributed by atoms with van der Waals surface area (Å²) in [6.07, 6.45) is 2.55. The van der Waals surface area contributed by atoms with E-state index in [2.05, 4.69) is 26.0 Å². The first-order chi connectivity index (χ1) is 6.69. The summed E-state index contributed by atoms with van der Waals surface area (Å²) in [5.41, 5.74) is 2.52. The van der Waals surface area contributed by atoms with Crippen molar-refractivity contribution in [2.45, 2.75) is 32.1 Å². The van der Waals surface area contributed by atoms with Crippen LogP contribution in [0.1, 0.15) is 37.8 Å². The van der Waals surface area contributed by atoms with Gasteiger partial charge in [-0.1, -0.05) is 26.0 Å². The van der Waals surface area contributed by atoms with Gasteiger partial charge >= 0.3 is 0 Å². The van der Waals surface area contributed by atoms with Gasteiger partial charge in [0.15, 0.2) is 0 Å². The molecule has 1 heteroatoms. The van der Waals surface area contributed by atoms with Gasteiger partial charge < -0.3 is 0 Å². The molecule has 1 aliphatic rings. The molecule has 1 saturated carbocycles. The molecule has 72 valence electrons. The highest BCUT2D eigenvalue weighted by atomic mass is 14.5. The molecule has 0 saturated heterocycles. The van der Waals surface area contributed by atoms with E-state index in [0.29, 0.717) is 11.3 Å². The van der Waals surface area contributed by atoms with E-state index in [1.165, 1.54) is 18.4 Å². The molecule has 0 unspecified atom stereocenters. The minimum absolute atomic E-state index is 0.382. The first-order valence-electron chi connectivity index (χ1n) is 5.20. The molecule has 0 aromatic heterocycles. The Kier molecular flexibility index (Phi) is 2.07. The molecule has 0 bridgehead atoms. The highest BCUT2D eigenvalue weighted by Crippen LogP contribution is 2.53. The Morgan fingerprint density at radius 1 is 1.36 bits per heavy atom. The Hall–Kier alpha value is -1.29. The van der Waals surface area contributed by atoms with Crippen molar-refractivity contribution < 1.29 is 0 Å². The Labute approximate surface area is 85.4 Å². The van der Waals surface area contributed by atoms with Crippen LogP contribution in [0.3, 0.4) is 0 Å². The van der Waals surface area contributed by atoms with Crippen molar-refractivity contribution in [2.75, 3.05) is 0 Å². The summed E-state index contributed by atoms with van der Waals surface area (Å²) in [6.45, 7) is 4.54. The zero-order valence-electron chi connectivity index (χ0n) is 8.75. The van der Waals surface area contributed by atoms with Gasteiger partial charge in [0.25, 0.3) is 0 Å². The third-order valence-electron chi connectivity index (χ3n) is 3.46. The molecule has 0 heterocycles. The van der Waals surface area contributed by atoms with Crippen LogP contribution >= 0.6 is 0 Å². The standard InChI is InChI=1S/C13H15N/c1-10(2)13(6-7-13)12-5-3-4-11(8-12)9-14/h3-5,8,10H,6-7H2,1-2H3. The summed E-state index contributed by atoms with van der Waals surface area (Å²) in [7, 11) is 0. The lowest BCUT2D eigenvalue weighted by Gasteiger charge is -2.20. The van der Waals surface area contributed by atoms with Gasteiger partial charge in [-0.2, -0.15) is 5.26 Å². The smallest absolute Gasteiger partial charge is 0.0991 e. The highest BCUT2D eigenvalue weighted by molar-refractivity contribution is 5.39. The fourth-order valence-corrected chi connectivity index (χ4v) is 2.23. The summed E-state index contributed by atoms with van der Waals surface area (Å²) in [6, 6.07) is 10.3. The number of nitriles is 1. The van der Waals surface area contributed by atoms with Gasteiger partial charge in [0.2, 0.25) is 0 Å². The molecule has 0 atom stereocenters. The normalized spacial score (nSPS) is 17.9. The maximum absolute atomic E-state index is 8.84. The van der Waals surface area contributed by atoms with Gasteiger partial charge in [-0.25, -0.2) is 0 Å². The van der Waals surface area contributed by atoms with Gasteiger partial charge in [-0.05, 0) is 41.9 Å². The van der Waals surface area contributed by atoms with Crippen molar-refractivity contribution in [1.82, 2.24) is 0 Å². The summed E-state index contributed by atoms with van der Waals surface area (Å²) < 4.78 is 0. The van der Waals surface area contributed by atoms with Crippen molar-refractivity contribution in [3.8, 4) is 6.07 Å². The first-order valence-corrected chi connectivity index (χ1v) is 5.20. The van der Waals surface area contributed by atoms with Crippen LogP contribution in [0.25, 0.3) is 0 Å². The van der Waals surface area contributed by atoms with E-state index in [1.54, 1.807) is 0 Å². The second-order valence-electron chi connectivity index (χ2n) is 4.50. The van der Waals surface area contributed by atoms with Crippen molar-refractivity contribution >= 4 is 0 Å². The lowest BCUT2D eigenvalue weighted by molar-refractivity contribution is 0.481. The van der Waals surface area contributed by atoms with E-state index < -0.39 is 0 Å². The number of rotatable bonds is 2. The minimum Gasteiger partial charge on any atom is -0.192 e. The molecule has 2 rings (SSSR count). The molecule has 0 aliphatic heterocycles. The molecule has 1 aliphatic carbocycles. The van der Waals surface area contributed by atoms with Crippen LogP contribution in [-0.4, -0.2) is 0 Å². The summed E-state index contributed by atoms with van der Waals surface area (Å²) in [5.74, 6) is 0.677. The second-order valence-corrected chi connectivity index (χ2v) is 4.50. The average Bonchev–Trinajstić information content (AvgIpc) is 2.98. The van der Waals surface area contributed by atoms with Crippen LogP contribution in [0.4, 0.5) is 0 Å². The first kappa shape index (κ1) is 9.27. The van der Waals surface area contributed by atoms with Crippen molar-refractivity contribution in [3.05, 3.63) is 35.4 Å². The molecule has 14 heavy (non-hydrogen) atoms. The van der Waals surface area contributed by atoms with Gasteiger partial charge in [0.05, 0.1) is 11.6 Å². The maximum atomic E-state index is 8.84. The van der Waals surface area contributed by atoms with Crippen molar-refractivity contribution in [2.24, 2.45) is 5.92 Å². The molecule has 0 amide bonds. The lowest BCUT2D eigenvalue weighted by atomic mass is 9.84. The molecule has 0 spiro atoms. The molecule has 1 aromatic rings. The topological polar surface area (TPSA) is 23.8 Å². The largest absolute Gasteiger partial charge is 0.192 e. The zero-order chi connectivity index (χ0) is 10.2. The predicted molar refractivity (Wildman–Crippen MR) is 56.9 cm³/mol. The van der Waals surface area contributed by atoms with Gasteiger partial charge in [0.1, 0.15) is 0 Å². The summed E-state index contributed by atoms with van der Waals surface area (Å²) in [4.78, 5) is 0. The average molecular weight is 185 g/mol. The fourth-order valence-electron chi connectivity index (χ4n) is 2.23. The quantitative estimate of drug-likeness (QED) is 0.693. The Morgan fingerprint density at radius 3 is 2.57 bits per heavy atom. The summed E-state index contributed by atoms with van der Waals surface area (Å²) >= 11 is 0. The van der Waals surface area contributed by atoms with Crippen LogP contribution in [0.15, 0.2) is 24.3 Å². The SMILES string of the molecule is CC(C)C1(c2cccc(C#N)c2)CC1. The predicted octanol–water partition coefficient (Wildman–Crippen LogP) is 3.25. The van der Waals surface area contributed by atoms with E-state index >= 15 is 0 Å². The molecular weight excluding hydrogens is 170 g/mol. The highest BCUT2D eigenvalue weighted by Gasteiger charge is 2.46. The van der Waals surface area contributed by atoms with Crippen molar-refractivity contribution in [3.63, 3.8) is 0 Å². The van der Waals surface area contributed by atoms with Gasteiger partial charge in [-0.15, -0.1) is 0 Å². The molecule has 0 N–H and O–H groups in total. The van der Waals surface area contributed by atoms with Crippen LogP contribution in [0.5, 0.6) is 0 Å². The van der Waals surface area contributed by atoms with Gasteiger partial charge in [-0.3, -0.25) is 0 Å². The Bertz CT molecular complexity index is 380. The molecule has 1 nitrogen and oxygen atoms in total. The minimum atomic E-state index is 0.382. The van der Waals surface area contributed by atoms with Gasteiger partial charge in [0, 0.05) is 0 Å². The van der Waals surface area contributed by atoms with E-state index in [9.17, 15) is 0 Å². The maximum Gasteiger partial charge on any atom is 0.0991 e. The second kappa shape index (κ2) is 3.13. The van der Waals surface area contributed by atoms with Crippen LogP contribution in [0, 0.1) is 17.2 Å². The monoisotopic (exact) mass is 185 g/mol. The van der Waals surface area contributed by atoms with Crippen molar-refractivity contribution in [1.29, 1.82) is 5.26 Å². The number of nitrogens with zero attached hydrogens (tertiary/aromatic N) is 1. The molecule has 1 aromatic carbocycles. The van der Waals surface area contributed by atoms with Crippen LogP contribution in [0.2, 0.25) is 0 Å². The number of benzene rings is 1. The van der Waals surface area contributed by atoms with E-state index in [-0.39, 0.29) is 0 Å². The molecule has 0 radical (unpaired) electrons. The fraction of sp³-hybridized carbons (Fsp3) is 0.462. The number of hydrogen-bond donors (Lipinski definition) is 0. The van der Waals surface area contributed by atoms with E-state index in [4.69, 9.17) is 5.26 Å². The lowest BCUT2D eigenvalue weighted by Crippen LogP contribution is -2.14. The van der Waals surface area contributed by atoms with E-state index in [0.717, 1.165) is 5.56 Å². The van der Waals surface area contributed by atoms with Crippen LogP contribution < -0.4 is 0 Å². The summed E-state index contributed by atoms with van der Waals surface area (Å²) in [5, 5.41) is 8.84. The van der Waals surface area contributed by atoms with Crippen LogP contribution in [-0.2, 0) is 5.41 Å². The molecular formula is C13H15N. The third-order valence-corrected chi connectivity index (χ3v) is 3.46. The third kappa shape index (κ3) is 1.32. The Morgan fingerprint density at radius 2 is 2.07 bits per heavy atom. The van der Waals surface area contributed by atoms with E-state index in [1.807, 2.05) is 18.2 Å². The zero-order valence-corrected chi connectivity index (χ0v) is 8.75. The number of hydrogen-bond acceptors (Lipinski definition) is 1.